The molecule has 114 valence electrons. The molecule has 2 aliphatic rings. The van der Waals surface area contributed by atoms with Gasteiger partial charge in [0, 0.05) is 17.8 Å². The van der Waals surface area contributed by atoms with Crippen LogP contribution >= 0.6 is 0 Å². The fraction of sp³-hybridized carbons (Fsp3) is 0.538. The molecule has 2 bridgehead atoms. The molecule has 0 radical (unpaired) electrons. The van der Waals surface area contributed by atoms with Crippen molar-refractivity contribution in [3.8, 4) is 0 Å². The van der Waals surface area contributed by atoms with Gasteiger partial charge in [-0.25, -0.2) is 0 Å². The summed E-state index contributed by atoms with van der Waals surface area (Å²) in [5.74, 6) is 0. The fourth-order valence-electron chi connectivity index (χ4n) is 3.00. The Kier molecular flexibility index (Phi) is 3.27. The lowest BCUT2D eigenvalue weighted by Crippen LogP contribution is -2.31. The minimum atomic E-state index is -4.65. The van der Waals surface area contributed by atoms with Crippen molar-refractivity contribution in [3.05, 3.63) is 33.9 Å². The molecule has 2 fully saturated rings. The average Bonchev–Trinajstić information content (AvgIpc) is 3.00. The van der Waals surface area contributed by atoms with Crippen LogP contribution in [0.5, 0.6) is 0 Å². The van der Waals surface area contributed by atoms with E-state index in [1.807, 2.05) is 0 Å². The molecule has 2 saturated heterocycles. The molecular weight excluding hydrogens is 289 g/mol. The lowest BCUT2D eigenvalue weighted by molar-refractivity contribution is -0.385. The highest BCUT2D eigenvalue weighted by atomic mass is 19.4. The third-order valence-electron chi connectivity index (χ3n) is 3.97. The zero-order valence-corrected chi connectivity index (χ0v) is 10.9. The molecule has 0 amide bonds. The van der Waals surface area contributed by atoms with Gasteiger partial charge in [0.2, 0.25) is 0 Å². The second-order valence-electron chi connectivity index (χ2n) is 5.35. The quantitative estimate of drug-likeness (QED) is 0.687. The van der Waals surface area contributed by atoms with E-state index in [1.165, 1.54) is 0 Å². The third-order valence-corrected chi connectivity index (χ3v) is 3.97. The Labute approximate surface area is 118 Å². The first-order valence-corrected chi connectivity index (χ1v) is 6.62. The van der Waals surface area contributed by atoms with E-state index in [9.17, 15) is 23.3 Å². The maximum absolute atomic E-state index is 13.1. The smallest absolute Gasteiger partial charge is 0.379 e. The van der Waals surface area contributed by atoms with Gasteiger partial charge in [0.25, 0.3) is 5.69 Å². The van der Waals surface area contributed by atoms with Crippen LogP contribution in [-0.4, -0.2) is 23.2 Å². The van der Waals surface area contributed by atoms with Gasteiger partial charge in [-0.3, -0.25) is 10.1 Å². The molecule has 0 spiro atoms. The number of nitrogens with zero attached hydrogens (tertiary/aromatic N) is 1. The Morgan fingerprint density at radius 1 is 1.33 bits per heavy atom. The highest BCUT2D eigenvalue weighted by Crippen LogP contribution is 2.40. The molecule has 0 aromatic heterocycles. The molecule has 8 heteroatoms. The van der Waals surface area contributed by atoms with Gasteiger partial charge in [-0.05, 0) is 25.3 Å². The third kappa shape index (κ3) is 2.67. The highest BCUT2D eigenvalue weighted by molar-refractivity contribution is 5.58. The predicted molar refractivity (Wildman–Crippen MR) is 68.0 cm³/mol. The SMILES string of the molecule is O=[N+]([O-])c1ccc(NC2CC3CCC2O3)c(C(F)(F)F)c1. The minimum Gasteiger partial charge on any atom is -0.379 e. The van der Waals surface area contributed by atoms with Gasteiger partial charge in [0.1, 0.15) is 0 Å². The van der Waals surface area contributed by atoms with Crippen LogP contribution in [0.2, 0.25) is 0 Å². The molecular formula is C13H13F3N2O3. The maximum atomic E-state index is 13.1. The Balaban J connectivity index is 1.88. The average molecular weight is 302 g/mol. The summed E-state index contributed by atoms with van der Waals surface area (Å²) in [6.45, 7) is 0. The summed E-state index contributed by atoms with van der Waals surface area (Å²) in [4.78, 5) is 9.80. The molecule has 2 heterocycles. The number of rotatable bonds is 3. The van der Waals surface area contributed by atoms with Crippen LogP contribution in [0.25, 0.3) is 0 Å². The van der Waals surface area contributed by atoms with Crippen molar-refractivity contribution in [3.63, 3.8) is 0 Å². The minimum absolute atomic E-state index is 0.0775. The number of nitro groups is 1. The number of fused-ring (bicyclic) bond motifs is 2. The van der Waals surface area contributed by atoms with Crippen molar-refractivity contribution < 1.29 is 22.8 Å². The molecule has 0 saturated carbocycles. The summed E-state index contributed by atoms with van der Waals surface area (Å²) in [5, 5.41) is 13.5. The molecule has 2 aliphatic heterocycles. The molecule has 1 aromatic rings. The number of benzene rings is 1. The van der Waals surface area contributed by atoms with Crippen LogP contribution in [0, 0.1) is 10.1 Å². The van der Waals surface area contributed by atoms with Gasteiger partial charge < -0.3 is 10.1 Å². The summed E-state index contributed by atoms with van der Waals surface area (Å²) < 4.78 is 44.8. The standard InChI is InChI=1S/C13H13F3N2O3/c14-13(15,16)9-5-7(18(19)20)1-3-10(9)17-11-6-8-2-4-12(11)21-8/h1,3,5,8,11-12,17H,2,4,6H2. The molecule has 3 rings (SSSR count). The normalized spacial score (nSPS) is 27.9. The van der Waals surface area contributed by atoms with Gasteiger partial charge in [0.05, 0.1) is 28.7 Å². The van der Waals surface area contributed by atoms with Crippen LogP contribution < -0.4 is 5.32 Å². The maximum Gasteiger partial charge on any atom is 0.418 e. The second-order valence-corrected chi connectivity index (χ2v) is 5.35. The number of nitro benzene ring substituents is 1. The monoisotopic (exact) mass is 302 g/mol. The Bertz CT molecular complexity index is 576. The Morgan fingerprint density at radius 3 is 2.62 bits per heavy atom. The number of hydrogen-bond acceptors (Lipinski definition) is 4. The van der Waals surface area contributed by atoms with E-state index >= 15 is 0 Å². The summed E-state index contributed by atoms with van der Waals surface area (Å²) in [6.07, 6.45) is -2.18. The molecule has 3 atom stereocenters. The highest BCUT2D eigenvalue weighted by Gasteiger charge is 2.42. The van der Waals surface area contributed by atoms with Gasteiger partial charge in [0.15, 0.2) is 0 Å². The summed E-state index contributed by atoms with van der Waals surface area (Å²) in [5.41, 5.74) is -1.72. The van der Waals surface area contributed by atoms with E-state index < -0.39 is 22.4 Å². The lowest BCUT2D eigenvalue weighted by Gasteiger charge is -2.23. The van der Waals surface area contributed by atoms with Crippen molar-refractivity contribution in [2.45, 2.75) is 43.7 Å². The topological polar surface area (TPSA) is 64.4 Å². The number of hydrogen-bond donors (Lipinski definition) is 1. The largest absolute Gasteiger partial charge is 0.418 e. The van der Waals surface area contributed by atoms with Crippen molar-refractivity contribution in [2.24, 2.45) is 0 Å². The van der Waals surface area contributed by atoms with E-state index in [-0.39, 0.29) is 23.9 Å². The number of anilines is 1. The lowest BCUT2D eigenvalue weighted by atomic mass is 9.95. The Morgan fingerprint density at radius 2 is 2.10 bits per heavy atom. The number of halogens is 3. The molecule has 21 heavy (non-hydrogen) atoms. The second kappa shape index (κ2) is 4.87. The first-order chi connectivity index (χ1) is 9.84. The summed E-state index contributed by atoms with van der Waals surface area (Å²) in [6, 6.07) is 2.58. The van der Waals surface area contributed by atoms with Gasteiger partial charge in [-0.1, -0.05) is 0 Å². The van der Waals surface area contributed by atoms with Crippen LogP contribution in [0.15, 0.2) is 18.2 Å². The summed E-state index contributed by atoms with van der Waals surface area (Å²) >= 11 is 0. The van der Waals surface area contributed by atoms with Gasteiger partial charge >= 0.3 is 6.18 Å². The van der Waals surface area contributed by atoms with Crippen molar-refractivity contribution >= 4 is 11.4 Å². The molecule has 1 aromatic carbocycles. The van der Waals surface area contributed by atoms with E-state index in [0.717, 1.165) is 25.0 Å². The fourth-order valence-corrected chi connectivity index (χ4v) is 3.00. The van der Waals surface area contributed by atoms with Crippen molar-refractivity contribution in [1.29, 1.82) is 0 Å². The molecule has 1 N–H and O–H groups in total. The van der Waals surface area contributed by atoms with E-state index in [1.54, 1.807) is 0 Å². The van der Waals surface area contributed by atoms with E-state index in [4.69, 9.17) is 4.74 Å². The van der Waals surface area contributed by atoms with E-state index in [0.29, 0.717) is 12.5 Å². The van der Waals surface area contributed by atoms with Gasteiger partial charge in [-0.2, -0.15) is 13.2 Å². The first-order valence-electron chi connectivity index (χ1n) is 6.62. The molecule has 5 nitrogen and oxygen atoms in total. The van der Waals surface area contributed by atoms with Crippen LogP contribution in [0.4, 0.5) is 24.5 Å². The number of ether oxygens (including phenoxy) is 1. The van der Waals surface area contributed by atoms with Gasteiger partial charge in [-0.15, -0.1) is 0 Å². The van der Waals surface area contributed by atoms with Crippen molar-refractivity contribution in [1.82, 2.24) is 0 Å². The van der Waals surface area contributed by atoms with Crippen LogP contribution in [-0.2, 0) is 10.9 Å². The summed E-state index contributed by atoms with van der Waals surface area (Å²) in [7, 11) is 0. The molecule has 3 unspecified atom stereocenters. The zero-order chi connectivity index (χ0) is 15.2. The van der Waals surface area contributed by atoms with E-state index in [2.05, 4.69) is 5.32 Å². The predicted octanol–water partition coefficient (Wildman–Crippen LogP) is 3.35. The zero-order valence-electron chi connectivity index (χ0n) is 10.9. The number of alkyl halides is 3. The van der Waals surface area contributed by atoms with Crippen molar-refractivity contribution in [2.75, 3.05) is 5.32 Å². The number of non-ortho nitro benzene ring substituents is 1. The first kappa shape index (κ1) is 14.1. The number of nitrogens with one attached hydrogen (secondary N) is 1. The Hall–Kier alpha value is -1.83. The van der Waals surface area contributed by atoms with Crippen LogP contribution in [0.1, 0.15) is 24.8 Å². The van der Waals surface area contributed by atoms with Crippen LogP contribution in [0.3, 0.4) is 0 Å². The molecule has 0 aliphatic carbocycles.